The summed E-state index contributed by atoms with van der Waals surface area (Å²) in [6.07, 6.45) is 0.173. The molecule has 0 fully saturated rings. The van der Waals surface area contributed by atoms with E-state index in [1.165, 1.54) is 0 Å². The summed E-state index contributed by atoms with van der Waals surface area (Å²) in [5.41, 5.74) is 3.31. The molecule has 176 valence electrons. The zero-order valence-electron chi connectivity index (χ0n) is 18.9. The Kier molecular flexibility index (Phi) is 10.7. The van der Waals surface area contributed by atoms with Gasteiger partial charge in [-0.1, -0.05) is 55.8 Å². The number of hydrazine groups is 1. The first-order valence-corrected chi connectivity index (χ1v) is 10.4. The molecule has 0 saturated heterocycles. The van der Waals surface area contributed by atoms with Crippen molar-refractivity contribution in [1.82, 2.24) is 15.8 Å². The monoisotopic (exact) mass is 467 g/mol. The van der Waals surface area contributed by atoms with Gasteiger partial charge in [0.05, 0.1) is 0 Å². The molecule has 0 aliphatic heterocycles. The summed E-state index contributed by atoms with van der Waals surface area (Å²) in [5, 5.41) is 3.25. The second-order valence-corrected chi connectivity index (χ2v) is 8.46. The lowest BCUT2D eigenvalue weighted by Crippen LogP contribution is -2.57. The van der Waals surface area contributed by atoms with Crippen molar-refractivity contribution < 1.29 is 28.7 Å². The van der Waals surface area contributed by atoms with E-state index in [1.54, 1.807) is 46.8 Å². The Morgan fingerprint density at radius 3 is 2.28 bits per heavy atom. The molecule has 0 spiro atoms. The van der Waals surface area contributed by atoms with E-state index in [-0.39, 0.29) is 12.5 Å². The maximum Gasteiger partial charge on any atom is 0.408 e. The van der Waals surface area contributed by atoms with Gasteiger partial charge in [0, 0.05) is 11.6 Å². The Balaban J connectivity index is 2.82. The van der Waals surface area contributed by atoms with Gasteiger partial charge in [0.2, 0.25) is 0 Å². The second-order valence-electron chi connectivity index (χ2n) is 8.21. The van der Waals surface area contributed by atoms with Gasteiger partial charge in [0.15, 0.2) is 0 Å². The normalized spacial score (nSPS) is 12.2. The number of nitrogens with one attached hydrogen (secondary N) is 2. The van der Waals surface area contributed by atoms with Crippen LogP contribution in [-0.4, -0.2) is 47.1 Å². The first kappa shape index (κ1) is 27.0. The number of ether oxygens (including phenoxy) is 2. The number of nitrogens with zero attached hydrogens (tertiary/aromatic N) is 1. The predicted octanol–water partition coefficient (Wildman–Crippen LogP) is 2.89. The zero-order chi connectivity index (χ0) is 24.3. The van der Waals surface area contributed by atoms with Crippen molar-refractivity contribution in [1.29, 1.82) is 0 Å². The number of benzene rings is 1. The standard InChI is InChI=1S/C22H30ClN3O6/c1-15(2)19(24-21(30)31-14-16-9-7-6-8-10-16)20(29)25-26(17(27)11-12-23)13-18(28)32-22(3,4)5/h6-12,15,19H,13-14H2,1-5H3,(H,24,30)(H,25,29)/b12-11-/t19-/m0/s1. The van der Waals surface area contributed by atoms with E-state index in [4.69, 9.17) is 21.1 Å². The molecule has 1 rings (SSSR count). The van der Waals surface area contributed by atoms with Crippen LogP contribution in [0.2, 0.25) is 0 Å². The molecule has 0 radical (unpaired) electrons. The van der Waals surface area contributed by atoms with Crippen molar-refractivity contribution >= 4 is 35.5 Å². The quantitative estimate of drug-likeness (QED) is 0.345. The van der Waals surface area contributed by atoms with Gasteiger partial charge >= 0.3 is 12.1 Å². The fourth-order valence-electron chi connectivity index (χ4n) is 2.45. The van der Waals surface area contributed by atoms with Crippen LogP contribution in [0.3, 0.4) is 0 Å². The van der Waals surface area contributed by atoms with Gasteiger partial charge in [0.25, 0.3) is 11.8 Å². The topological polar surface area (TPSA) is 114 Å². The fourth-order valence-corrected chi connectivity index (χ4v) is 2.56. The molecular weight excluding hydrogens is 438 g/mol. The molecule has 0 saturated carbocycles. The predicted molar refractivity (Wildman–Crippen MR) is 119 cm³/mol. The molecule has 1 atom stereocenters. The molecule has 10 heteroatoms. The van der Waals surface area contributed by atoms with Crippen LogP contribution in [0.4, 0.5) is 4.79 Å². The molecule has 1 aromatic rings. The number of halogens is 1. The smallest absolute Gasteiger partial charge is 0.408 e. The number of hydrogen-bond acceptors (Lipinski definition) is 6. The van der Waals surface area contributed by atoms with Crippen LogP contribution in [0, 0.1) is 5.92 Å². The first-order valence-electron chi connectivity index (χ1n) is 10.0. The summed E-state index contributed by atoms with van der Waals surface area (Å²) in [5.74, 6) is -2.53. The maximum absolute atomic E-state index is 12.8. The Bertz CT molecular complexity index is 821. The number of amides is 3. The maximum atomic E-state index is 12.8. The van der Waals surface area contributed by atoms with Crippen LogP contribution < -0.4 is 10.7 Å². The van der Waals surface area contributed by atoms with Crippen LogP contribution in [0.5, 0.6) is 0 Å². The number of carbonyl (C=O) groups excluding carboxylic acids is 4. The highest BCUT2D eigenvalue weighted by Gasteiger charge is 2.29. The van der Waals surface area contributed by atoms with E-state index < -0.39 is 42.1 Å². The average molecular weight is 468 g/mol. The molecule has 0 unspecified atom stereocenters. The molecule has 32 heavy (non-hydrogen) atoms. The van der Waals surface area contributed by atoms with Gasteiger partial charge in [-0.3, -0.25) is 19.8 Å². The summed E-state index contributed by atoms with van der Waals surface area (Å²) in [4.78, 5) is 49.4. The molecular formula is C22H30ClN3O6. The summed E-state index contributed by atoms with van der Waals surface area (Å²) in [6.45, 7) is 7.92. The molecule has 9 nitrogen and oxygen atoms in total. The minimum absolute atomic E-state index is 0.0306. The van der Waals surface area contributed by atoms with Crippen molar-refractivity contribution in [2.75, 3.05) is 6.54 Å². The molecule has 2 N–H and O–H groups in total. The van der Waals surface area contributed by atoms with Crippen LogP contribution in [0.25, 0.3) is 0 Å². The molecule has 3 amide bonds. The van der Waals surface area contributed by atoms with Crippen molar-refractivity contribution in [3.8, 4) is 0 Å². The van der Waals surface area contributed by atoms with E-state index in [2.05, 4.69) is 10.7 Å². The first-order chi connectivity index (χ1) is 14.9. The van der Waals surface area contributed by atoms with Crippen LogP contribution in [-0.2, 0) is 30.5 Å². The Labute approximate surface area is 193 Å². The number of alkyl carbamates (subject to hydrolysis) is 1. The molecule has 1 aromatic carbocycles. The molecule has 0 bridgehead atoms. The van der Waals surface area contributed by atoms with Gasteiger partial charge in [-0.25, -0.2) is 9.80 Å². The van der Waals surface area contributed by atoms with E-state index in [0.29, 0.717) is 0 Å². The van der Waals surface area contributed by atoms with E-state index >= 15 is 0 Å². The summed E-state index contributed by atoms with van der Waals surface area (Å²) in [6, 6.07) is 8.02. The van der Waals surface area contributed by atoms with Gasteiger partial charge in [-0.15, -0.1) is 0 Å². The van der Waals surface area contributed by atoms with Crippen molar-refractivity contribution in [2.24, 2.45) is 5.92 Å². The number of rotatable bonds is 8. The van der Waals surface area contributed by atoms with Crippen molar-refractivity contribution in [3.63, 3.8) is 0 Å². The molecule has 0 aliphatic rings. The van der Waals surface area contributed by atoms with Gasteiger partial charge < -0.3 is 14.8 Å². The Morgan fingerprint density at radius 2 is 1.75 bits per heavy atom. The van der Waals surface area contributed by atoms with Gasteiger partial charge in [-0.05, 0) is 32.3 Å². The van der Waals surface area contributed by atoms with Crippen LogP contribution in [0.1, 0.15) is 40.2 Å². The van der Waals surface area contributed by atoms with Crippen LogP contribution in [0.15, 0.2) is 41.9 Å². The lowest BCUT2D eigenvalue weighted by atomic mass is 10.0. The van der Waals surface area contributed by atoms with E-state index in [9.17, 15) is 19.2 Å². The summed E-state index contributed by atoms with van der Waals surface area (Å²) in [7, 11) is 0. The average Bonchev–Trinajstić information content (AvgIpc) is 2.69. The molecule has 0 aliphatic carbocycles. The largest absolute Gasteiger partial charge is 0.459 e. The third-order valence-electron chi connectivity index (χ3n) is 3.86. The molecule has 0 aromatic heterocycles. The fraction of sp³-hybridized carbons (Fsp3) is 0.455. The highest BCUT2D eigenvalue weighted by atomic mass is 35.5. The summed E-state index contributed by atoms with van der Waals surface area (Å²) >= 11 is 5.46. The van der Waals surface area contributed by atoms with E-state index in [0.717, 1.165) is 22.2 Å². The minimum atomic E-state index is -1.04. The number of carbonyl (C=O) groups is 4. The lowest BCUT2D eigenvalue weighted by molar-refractivity contribution is -0.160. The molecule has 0 heterocycles. The summed E-state index contributed by atoms with van der Waals surface area (Å²) < 4.78 is 10.3. The van der Waals surface area contributed by atoms with Crippen molar-refractivity contribution in [2.45, 2.75) is 52.9 Å². The lowest BCUT2D eigenvalue weighted by Gasteiger charge is -2.27. The van der Waals surface area contributed by atoms with Gasteiger partial charge in [-0.2, -0.15) is 0 Å². The second kappa shape index (κ2) is 12.7. The van der Waals surface area contributed by atoms with Gasteiger partial charge in [0.1, 0.15) is 24.8 Å². The third-order valence-corrected chi connectivity index (χ3v) is 3.99. The Morgan fingerprint density at radius 1 is 1.12 bits per heavy atom. The Hall–Kier alpha value is -3.07. The zero-order valence-corrected chi connectivity index (χ0v) is 19.6. The highest BCUT2D eigenvalue weighted by molar-refractivity contribution is 6.26. The van der Waals surface area contributed by atoms with Crippen LogP contribution >= 0.6 is 11.6 Å². The number of hydrogen-bond donors (Lipinski definition) is 2. The minimum Gasteiger partial charge on any atom is -0.459 e. The van der Waals surface area contributed by atoms with E-state index in [1.807, 2.05) is 18.2 Å². The van der Waals surface area contributed by atoms with Crippen molar-refractivity contribution in [3.05, 3.63) is 47.5 Å². The third kappa shape index (κ3) is 10.3. The highest BCUT2D eigenvalue weighted by Crippen LogP contribution is 2.08. The SMILES string of the molecule is CC(C)[C@H](NC(=O)OCc1ccccc1)C(=O)NN(CC(=O)OC(C)(C)C)C(=O)/C=C\Cl. The number of esters is 1.